The first-order valence-corrected chi connectivity index (χ1v) is 13.2. The summed E-state index contributed by atoms with van der Waals surface area (Å²) in [6.07, 6.45) is -4.49. The molecule has 0 aliphatic heterocycles. The van der Waals surface area contributed by atoms with E-state index in [1.807, 2.05) is 30.3 Å². The fourth-order valence-corrected chi connectivity index (χ4v) is 4.62. The molecule has 0 fully saturated rings. The van der Waals surface area contributed by atoms with Crippen LogP contribution in [0.2, 0.25) is 10.0 Å². The van der Waals surface area contributed by atoms with E-state index in [1.54, 1.807) is 23.6 Å². The van der Waals surface area contributed by atoms with Crippen molar-refractivity contribution in [2.24, 2.45) is 0 Å². The Morgan fingerprint density at radius 1 is 0.949 bits per heavy atom. The maximum absolute atomic E-state index is 13.4. The average molecular weight is 593 g/mol. The van der Waals surface area contributed by atoms with E-state index in [0.717, 1.165) is 17.7 Å². The van der Waals surface area contributed by atoms with Crippen molar-refractivity contribution >= 4 is 57.2 Å². The molecule has 2 N–H and O–H groups in total. The molecule has 12 heteroatoms. The number of anilines is 2. The standard InChI is InChI=1S/C27H21Cl2F3N4O2S/c28-20-9-10-21(29)22(12-20)34-26-35-23(16-39-26)25(38)36(14-17-5-2-1-3-6-17)15-24(37)33-13-18-7-4-8-19(11-18)27(30,31)32/h1-12,16H,13-15H2,(H,33,37)(H,34,35). The first-order valence-electron chi connectivity index (χ1n) is 11.5. The maximum atomic E-state index is 13.4. The molecule has 0 aliphatic rings. The van der Waals surface area contributed by atoms with Gasteiger partial charge in [0.15, 0.2) is 5.13 Å². The number of amides is 2. The Bertz CT molecular complexity index is 1460. The number of benzene rings is 3. The Morgan fingerprint density at radius 2 is 1.69 bits per heavy atom. The number of carbonyl (C=O) groups excluding carboxylic acids is 2. The summed E-state index contributed by atoms with van der Waals surface area (Å²) >= 11 is 13.4. The zero-order valence-electron chi connectivity index (χ0n) is 20.1. The Balaban J connectivity index is 1.47. The molecule has 4 rings (SSSR count). The highest BCUT2D eigenvalue weighted by atomic mass is 35.5. The van der Waals surface area contributed by atoms with Gasteiger partial charge in [-0.05, 0) is 41.5 Å². The highest BCUT2D eigenvalue weighted by molar-refractivity contribution is 7.14. The second-order valence-electron chi connectivity index (χ2n) is 8.41. The molecule has 1 aromatic heterocycles. The third kappa shape index (κ3) is 7.95. The first-order chi connectivity index (χ1) is 18.6. The lowest BCUT2D eigenvalue weighted by Crippen LogP contribution is -2.40. The summed E-state index contributed by atoms with van der Waals surface area (Å²) in [6, 6.07) is 18.7. The summed E-state index contributed by atoms with van der Waals surface area (Å²) in [7, 11) is 0. The number of hydrogen-bond acceptors (Lipinski definition) is 5. The van der Waals surface area contributed by atoms with Gasteiger partial charge in [0, 0.05) is 23.5 Å². The summed E-state index contributed by atoms with van der Waals surface area (Å²) in [5, 5.41) is 8.47. The molecule has 0 bridgehead atoms. The molecular weight excluding hydrogens is 572 g/mol. The smallest absolute Gasteiger partial charge is 0.350 e. The molecule has 0 saturated carbocycles. The number of hydrogen-bond donors (Lipinski definition) is 2. The van der Waals surface area contributed by atoms with Crippen LogP contribution in [0.1, 0.15) is 27.2 Å². The predicted molar refractivity (Wildman–Crippen MR) is 146 cm³/mol. The van der Waals surface area contributed by atoms with Crippen molar-refractivity contribution in [1.29, 1.82) is 0 Å². The normalized spacial score (nSPS) is 11.2. The predicted octanol–water partition coefficient (Wildman–Crippen LogP) is 7.17. The number of alkyl halides is 3. The lowest BCUT2D eigenvalue weighted by Gasteiger charge is -2.21. The van der Waals surface area contributed by atoms with Crippen LogP contribution >= 0.6 is 34.5 Å². The summed E-state index contributed by atoms with van der Waals surface area (Å²) in [5.74, 6) is -1.02. The maximum Gasteiger partial charge on any atom is 0.416 e. The first kappa shape index (κ1) is 28.4. The SMILES string of the molecule is O=C(CN(Cc1ccccc1)C(=O)c1csc(Nc2cc(Cl)ccc2Cl)n1)NCc1cccc(C(F)(F)F)c1. The van der Waals surface area contributed by atoms with Gasteiger partial charge in [-0.1, -0.05) is 65.7 Å². The van der Waals surface area contributed by atoms with Crippen molar-refractivity contribution in [2.75, 3.05) is 11.9 Å². The second-order valence-corrected chi connectivity index (χ2v) is 10.1. The number of rotatable bonds is 9. The molecule has 6 nitrogen and oxygen atoms in total. The lowest BCUT2D eigenvalue weighted by molar-refractivity contribution is -0.137. The molecule has 1 heterocycles. The van der Waals surface area contributed by atoms with Gasteiger partial charge in [0.05, 0.1) is 16.3 Å². The fourth-order valence-electron chi connectivity index (χ4n) is 3.59. The van der Waals surface area contributed by atoms with Crippen LogP contribution in [0.25, 0.3) is 0 Å². The highest BCUT2D eigenvalue weighted by Crippen LogP contribution is 2.31. The van der Waals surface area contributed by atoms with E-state index in [2.05, 4.69) is 15.6 Å². The Kier molecular flexibility index (Phi) is 9.11. The Labute approximate surface area is 236 Å². The molecule has 0 radical (unpaired) electrons. The van der Waals surface area contributed by atoms with Crippen LogP contribution in [0.5, 0.6) is 0 Å². The van der Waals surface area contributed by atoms with Crippen LogP contribution in [0.15, 0.2) is 78.2 Å². The van der Waals surface area contributed by atoms with Gasteiger partial charge in [-0.25, -0.2) is 4.98 Å². The summed E-state index contributed by atoms with van der Waals surface area (Å²) < 4.78 is 39.0. The van der Waals surface area contributed by atoms with Gasteiger partial charge in [-0.2, -0.15) is 13.2 Å². The van der Waals surface area contributed by atoms with E-state index in [-0.39, 0.29) is 30.9 Å². The summed E-state index contributed by atoms with van der Waals surface area (Å²) in [4.78, 5) is 31.8. The number of nitrogens with one attached hydrogen (secondary N) is 2. The van der Waals surface area contributed by atoms with Gasteiger partial charge >= 0.3 is 6.18 Å². The van der Waals surface area contributed by atoms with Crippen LogP contribution in [0.4, 0.5) is 24.0 Å². The monoisotopic (exact) mass is 592 g/mol. The van der Waals surface area contributed by atoms with Crippen LogP contribution in [0.3, 0.4) is 0 Å². The van der Waals surface area contributed by atoms with Crippen molar-refractivity contribution < 1.29 is 22.8 Å². The number of thiazole rings is 1. The van der Waals surface area contributed by atoms with Crippen molar-refractivity contribution in [3.8, 4) is 0 Å². The Morgan fingerprint density at radius 3 is 2.44 bits per heavy atom. The molecule has 39 heavy (non-hydrogen) atoms. The zero-order valence-corrected chi connectivity index (χ0v) is 22.5. The van der Waals surface area contributed by atoms with E-state index >= 15 is 0 Å². The molecule has 0 atom stereocenters. The van der Waals surface area contributed by atoms with Crippen LogP contribution in [0, 0.1) is 0 Å². The van der Waals surface area contributed by atoms with Gasteiger partial charge in [0.2, 0.25) is 5.91 Å². The quantitative estimate of drug-likeness (QED) is 0.216. The van der Waals surface area contributed by atoms with Gasteiger partial charge in [0.1, 0.15) is 12.2 Å². The minimum absolute atomic E-state index is 0.113. The van der Waals surface area contributed by atoms with Crippen LogP contribution in [-0.2, 0) is 24.1 Å². The summed E-state index contributed by atoms with van der Waals surface area (Å²) in [6.45, 7) is -0.328. The van der Waals surface area contributed by atoms with E-state index < -0.39 is 23.6 Å². The molecule has 0 unspecified atom stereocenters. The number of aromatic nitrogens is 1. The molecular formula is C27H21Cl2F3N4O2S. The average Bonchev–Trinajstić information content (AvgIpc) is 3.37. The Hall–Kier alpha value is -3.60. The fraction of sp³-hybridized carbons (Fsp3) is 0.148. The third-order valence-electron chi connectivity index (χ3n) is 5.48. The minimum atomic E-state index is -4.49. The van der Waals surface area contributed by atoms with Gasteiger partial charge in [0.25, 0.3) is 5.91 Å². The second kappa shape index (κ2) is 12.5. The van der Waals surface area contributed by atoms with Crippen molar-refractivity contribution in [3.63, 3.8) is 0 Å². The molecule has 202 valence electrons. The van der Waals surface area contributed by atoms with Crippen molar-refractivity contribution in [2.45, 2.75) is 19.3 Å². The largest absolute Gasteiger partial charge is 0.416 e. The molecule has 2 amide bonds. The topological polar surface area (TPSA) is 74.3 Å². The summed E-state index contributed by atoms with van der Waals surface area (Å²) in [5.41, 5.74) is 0.904. The van der Waals surface area contributed by atoms with E-state index in [1.165, 1.54) is 28.4 Å². The number of carbonyl (C=O) groups is 2. The van der Waals surface area contributed by atoms with Crippen molar-refractivity contribution in [1.82, 2.24) is 15.2 Å². The molecule has 3 aromatic carbocycles. The van der Waals surface area contributed by atoms with E-state index in [4.69, 9.17) is 23.2 Å². The van der Waals surface area contributed by atoms with Crippen LogP contribution < -0.4 is 10.6 Å². The highest BCUT2D eigenvalue weighted by Gasteiger charge is 2.30. The molecule has 0 saturated heterocycles. The zero-order chi connectivity index (χ0) is 28.0. The number of nitrogens with zero attached hydrogens (tertiary/aromatic N) is 2. The molecule has 0 spiro atoms. The van der Waals surface area contributed by atoms with E-state index in [0.29, 0.717) is 20.9 Å². The minimum Gasteiger partial charge on any atom is -0.350 e. The van der Waals surface area contributed by atoms with Crippen molar-refractivity contribution in [3.05, 3.63) is 111 Å². The molecule has 0 aliphatic carbocycles. The van der Waals surface area contributed by atoms with Gasteiger partial charge in [-0.15, -0.1) is 11.3 Å². The number of halogens is 5. The van der Waals surface area contributed by atoms with E-state index in [9.17, 15) is 22.8 Å². The van der Waals surface area contributed by atoms with Gasteiger partial charge < -0.3 is 15.5 Å². The van der Waals surface area contributed by atoms with Crippen LogP contribution in [-0.4, -0.2) is 28.2 Å². The van der Waals surface area contributed by atoms with Gasteiger partial charge in [-0.3, -0.25) is 9.59 Å². The lowest BCUT2D eigenvalue weighted by atomic mass is 10.1. The third-order valence-corrected chi connectivity index (χ3v) is 6.80. The molecule has 4 aromatic rings.